The van der Waals surface area contributed by atoms with Gasteiger partial charge >= 0.3 is 0 Å². The molecule has 1 N–H and O–H groups in total. The zero-order chi connectivity index (χ0) is 17.3. The van der Waals surface area contributed by atoms with Gasteiger partial charge in [0.15, 0.2) is 11.6 Å². The molecule has 0 amide bonds. The summed E-state index contributed by atoms with van der Waals surface area (Å²) in [5.41, 5.74) is 1.11. The Morgan fingerprint density at radius 3 is 2.50 bits per heavy atom. The molecule has 0 spiro atoms. The average molecular weight is 403 g/mol. The molecule has 124 valence electrons. The number of sulfonamides is 1. The third-order valence-electron chi connectivity index (χ3n) is 3.17. The van der Waals surface area contributed by atoms with Crippen molar-refractivity contribution < 1.29 is 8.42 Å². The summed E-state index contributed by atoms with van der Waals surface area (Å²) in [6, 6.07) is 11.9. The molecule has 2 aromatic carbocycles. The lowest BCUT2D eigenvalue weighted by atomic mass is 10.2. The molecule has 0 bridgehead atoms. The standard InChI is InChI=1S/C15H10Cl3N3O2S/c16-8-24(22,23)21-15-11-3-1-2-4-13(11)19-14(20-15)10-6-5-9(17)7-12(10)18/h1-7H,8H2,(H,19,20,21). The minimum atomic E-state index is -3.71. The first-order chi connectivity index (χ1) is 11.4. The Hall–Kier alpha value is -1.60. The summed E-state index contributed by atoms with van der Waals surface area (Å²) in [6.07, 6.45) is 0. The van der Waals surface area contributed by atoms with Crippen molar-refractivity contribution in [3.63, 3.8) is 0 Å². The zero-order valence-corrected chi connectivity index (χ0v) is 15.1. The molecule has 24 heavy (non-hydrogen) atoms. The van der Waals surface area contributed by atoms with E-state index in [-0.39, 0.29) is 11.6 Å². The number of fused-ring (bicyclic) bond motifs is 1. The van der Waals surface area contributed by atoms with Gasteiger partial charge in [-0.3, -0.25) is 4.72 Å². The van der Waals surface area contributed by atoms with E-state index in [0.29, 0.717) is 26.5 Å². The summed E-state index contributed by atoms with van der Waals surface area (Å²) in [6.45, 7) is 0. The van der Waals surface area contributed by atoms with Gasteiger partial charge in [0.25, 0.3) is 0 Å². The summed E-state index contributed by atoms with van der Waals surface area (Å²) < 4.78 is 26.0. The SMILES string of the molecule is O=S(=O)(CCl)Nc1nc(-c2ccc(Cl)cc2Cl)nc2ccccc12. The molecular weight excluding hydrogens is 393 g/mol. The molecule has 0 atom stereocenters. The molecule has 5 nitrogen and oxygen atoms in total. The van der Waals surface area contributed by atoms with Crippen molar-refractivity contribution in [2.75, 3.05) is 9.93 Å². The van der Waals surface area contributed by atoms with Crippen molar-refractivity contribution in [2.24, 2.45) is 0 Å². The lowest BCUT2D eigenvalue weighted by Gasteiger charge is -2.11. The molecule has 3 rings (SSSR count). The van der Waals surface area contributed by atoms with Gasteiger partial charge in [-0.2, -0.15) is 0 Å². The quantitative estimate of drug-likeness (QED) is 0.650. The highest BCUT2D eigenvalue weighted by molar-refractivity contribution is 7.93. The largest absolute Gasteiger partial charge is 0.266 e. The summed E-state index contributed by atoms with van der Waals surface area (Å²) in [5.74, 6) is 0.421. The Labute approximate surface area is 153 Å². The summed E-state index contributed by atoms with van der Waals surface area (Å²) >= 11 is 17.6. The van der Waals surface area contributed by atoms with Crippen LogP contribution in [0.4, 0.5) is 5.82 Å². The first-order valence-electron chi connectivity index (χ1n) is 6.68. The maximum atomic E-state index is 11.8. The van der Waals surface area contributed by atoms with E-state index in [2.05, 4.69) is 14.7 Å². The van der Waals surface area contributed by atoms with Crippen LogP contribution in [0.5, 0.6) is 0 Å². The maximum absolute atomic E-state index is 11.8. The fraction of sp³-hybridized carbons (Fsp3) is 0.0667. The van der Waals surface area contributed by atoms with Crippen LogP contribution in [0.25, 0.3) is 22.3 Å². The fourth-order valence-electron chi connectivity index (χ4n) is 2.12. The van der Waals surface area contributed by atoms with Gasteiger partial charge in [-0.25, -0.2) is 18.4 Å². The van der Waals surface area contributed by atoms with E-state index >= 15 is 0 Å². The van der Waals surface area contributed by atoms with Gasteiger partial charge in [-0.1, -0.05) is 35.3 Å². The highest BCUT2D eigenvalue weighted by Crippen LogP contribution is 2.31. The van der Waals surface area contributed by atoms with Crippen LogP contribution in [0.3, 0.4) is 0 Å². The second-order valence-corrected chi connectivity index (χ2v) is 8.01. The van der Waals surface area contributed by atoms with Crippen molar-refractivity contribution in [3.8, 4) is 11.4 Å². The molecule has 3 aromatic rings. The molecule has 9 heteroatoms. The molecule has 0 fully saturated rings. The second-order valence-electron chi connectivity index (χ2n) is 4.86. The van der Waals surface area contributed by atoms with Gasteiger partial charge < -0.3 is 0 Å². The van der Waals surface area contributed by atoms with Crippen molar-refractivity contribution in [2.45, 2.75) is 0 Å². The summed E-state index contributed by atoms with van der Waals surface area (Å²) in [5, 5.41) is 0.819. The first-order valence-corrected chi connectivity index (χ1v) is 9.62. The van der Waals surface area contributed by atoms with E-state index in [1.807, 2.05) is 0 Å². The number of hydrogen-bond acceptors (Lipinski definition) is 4. The number of benzene rings is 2. The van der Waals surface area contributed by atoms with Gasteiger partial charge in [0.2, 0.25) is 10.0 Å². The third-order valence-corrected chi connectivity index (χ3v) is 5.37. The van der Waals surface area contributed by atoms with E-state index in [4.69, 9.17) is 34.8 Å². The van der Waals surface area contributed by atoms with Crippen molar-refractivity contribution in [1.29, 1.82) is 0 Å². The van der Waals surface area contributed by atoms with Gasteiger partial charge in [-0.05, 0) is 30.3 Å². The number of nitrogens with one attached hydrogen (secondary N) is 1. The van der Waals surface area contributed by atoms with Gasteiger partial charge in [0, 0.05) is 16.0 Å². The fourth-order valence-corrected chi connectivity index (χ4v) is 3.28. The van der Waals surface area contributed by atoms with Crippen LogP contribution in [0, 0.1) is 0 Å². The number of anilines is 1. The maximum Gasteiger partial charge on any atom is 0.247 e. The van der Waals surface area contributed by atoms with Crippen molar-refractivity contribution in [1.82, 2.24) is 9.97 Å². The van der Waals surface area contributed by atoms with Gasteiger partial charge in [0.05, 0.1) is 10.5 Å². The zero-order valence-electron chi connectivity index (χ0n) is 12.0. The van der Waals surface area contributed by atoms with Crippen LogP contribution in [-0.2, 0) is 10.0 Å². The van der Waals surface area contributed by atoms with Crippen LogP contribution in [-0.4, -0.2) is 23.6 Å². The van der Waals surface area contributed by atoms with Crippen molar-refractivity contribution in [3.05, 3.63) is 52.5 Å². The van der Waals surface area contributed by atoms with Crippen molar-refractivity contribution >= 4 is 61.5 Å². The van der Waals surface area contributed by atoms with E-state index in [1.165, 1.54) is 0 Å². The summed E-state index contributed by atoms with van der Waals surface area (Å²) in [4.78, 5) is 8.75. The van der Waals surface area contributed by atoms with Crippen LogP contribution < -0.4 is 4.72 Å². The number of hydrogen-bond donors (Lipinski definition) is 1. The predicted molar refractivity (Wildman–Crippen MR) is 98.3 cm³/mol. The smallest absolute Gasteiger partial charge is 0.247 e. The van der Waals surface area contributed by atoms with Crippen LogP contribution >= 0.6 is 34.8 Å². The Morgan fingerprint density at radius 2 is 1.79 bits per heavy atom. The molecule has 1 aromatic heterocycles. The van der Waals surface area contributed by atoms with E-state index in [1.54, 1.807) is 42.5 Å². The van der Waals surface area contributed by atoms with E-state index in [0.717, 1.165) is 0 Å². The lowest BCUT2D eigenvalue weighted by Crippen LogP contribution is -2.15. The highest BCUT2D eigenvalue weighted by atomic mass is 35.5. The van der Waals surface area contributed by atoms with E-state index < -0.39 is 15.2 Å². The molecule has 0 saturated heterocycles. The van der Waals surface area contributed by atoms with Gasteiger partial charge in [0.1, 0.15) is 5.21 Å². The second kappa shape index (κ2) is 6.72. The molecule has 1 heterocycles. The lowest BCUT2D eigenvalue weighted by molar-refractivity contribution is 0.605. The molecule has 0 aliphatic carbocycles. The number of nitrogens with zero attached hydrogens (tertiary/aromatic N) is 2. The Bertz CT molecular complexity index is 1030. The Morgan fingerprint density at radius 1 is 1.04 bits per heavy atom. The number of rotatable bonds is 4. The monoisotopic (exact) mass is 401 g/mol. The topological polar surface area (TPSA) is 72.0 Å². The number of halogens is 3. The first kappa shape index (κ1) is 17.2. The Kier molecular flexibility index (Phi) is 4.83. The molecule has 0 saturated carbocycles. The molecule has 0 aliphatic rings. The third kappa shape index (κ3) is 3.57. The minimum absolute atomic E-state index is 0.141. The summed E-state index contributed by atoms with van der Waals surface area (Å²) in [7, 11) is -3.71. The highest BCUT2D eigenvalue weighted by Gasteiger charge is 2.16. The molecule has 0 aliphatic heterocycles. The molecule has 0 radical (unpaired) electrons. The number of para-hydroxylation sites is 1. The average Bonchev–Trinajstić information content (AvgIpc) is 2.54. The van der Waals surface area contributed by atoms with Crippen LogP contribution in [0.2, 0.25) is 10.0 Å². The molecular formula is C15H10Cl3N3O2S. The Balaban J connectivity index is 2.23. The number of aromatic nitrogens is 2. The normalized spacial score (nSPS) is 11.6. The van der Waals surface area contributed by atoms with Crippen LogP contribution in [0.15, 0.2) is 42.5 Å². The van der Waals surface area contributed by atoms with E-state index in [9.17, 15) is 8.42 Å². The minimum Gasteiger partial charge on any atom is -0.266 e. The van der Waals surface area contributed by atoms with Crippen LogP contribution in [0.1, 0.15) is 0 Å². The van der Waals surface area contributed by atoms with Gasteiger partial charge in [-0.15, -0.1) is 11.6 Å². The number of alkyl halides is 1. The predicted octanol–water partition coefficient (Wildman–Crippen LogP) is 4.54. The molecule has 0 unspecified atom stereocenters.